The molecule has 3 heterocycles. The van der Waals surface area contributed by atoms with Gasteiger partial charge >= 0.3 is 7.32 Å². The van der Waals surface area contributed by atoms with Crippen LogP contribution in [0.15, 0.2) is 128 Å². The van der Waals surface area contributed by atoms with E-state index in [1.165, 1.54) is 16.2 Å². The maximum Gasteiger partial charge on any atom is 0.631 e. The van der Waals surface area contributed by atoms with E-state index >= 15 is 0 Å². The first-order chi connectivity index (χ1) is 16.6. The van der Waals surface area contributed by atoms with Gasteiger partial charge in [0.1, 0.15) is 0 Å². The molecule has 6 aromatic rings. The fourth-order valence-corrected chi connectivity index (χ4v) is 3.05. The maximum absolute atomic E-state index is 7.17. The molecule has 0 aliphatic rings. The van der Waals surface area contributed by atoms with E-state index in [1.807, 2.05) is 91.4 Å². The first-order valence-corrected chi connectivity index (χ1v) is 10.6. The number of hydrogen-bond donors (Lipinski definition) is 3. The highest BCUT2D eigenvalue weighted by Crippen LogP contribution is 2.09. The van der Waals surface area contributed by atoms with Crippen LogP contribution in [0.5, 0.6) is 0 Å². The van der Waals surface area contributed by atoms with Gasteiger partial charge in [-0.3, -0.25) is 15.0 Å². The zero-order valence-corrected chi connectivity index (χ0v) is 18.4. The Morgan fingerprint density at radius 2 is 0.618 bits per heavy atom. The summed E-state index contributed by atoms with van der Waals surface area (Å²) in [4.78, 5) is 12.5. The summed E-state index contributed by atoms with van der Waals surface area (Å²) < 4.78 is 0. The van der Waals surface area contributed by atoms with E-state index < -0.39 is 7.32 Å². The van der Waals surface area contributed by atoms with Gasteiger partial charge in [0.2, 0.25) is 0 Å². The van der Waals surface area contributed by atoms with Crippen molar-refractivity contribution in [1.82, 2.24) is 15.0 Å². The van der Waals surface area contributed by atoms with E-state index in [9.17, 15) is 0 Å². The number of rotatable bonds is 0. The Morgan fingerprint density at radius 1 is 0.382 bits per heavy atom. The van der Waals surface area contributed by atoms with Crippen LogP contribution in [0, 0.1) is 0 Å². The van der Waals surface area contributed by atoms with E-state index in [4.69, 9.17) is 15.1 Å². The third-order valence-corrected chi connectivity index (χ3v) is 4.54. The van der Waals surface area contributed by atoms with Gasteiger partial charge in [-0.15, -0.1) is 0 Å². The highest BCUT2D eigenvalue weighted by atomic mass is 16.5. The molecule has 0 saturated heterocycles. The second-order valence-corrected chi connectivity index (χ2v) is 6.93. The number of para-hydroxylation sites is 3. The maximum atomic E-state index is 7.17. The summed E-state index contributed by atoms with van der Waals surface area (Å²) in [6, 6.07) is 36.3. The van der Waals surface area contributed by atoms with Crippen LogP contribution in [-0.2, 0) is 0 Å². The molecular formula is C27H24BN3O3. The molecule has 3 N–H and O–H groups in total. The van der Waals surface area contributed by atoms with E-state index in [1.54, 1.807) is 0 Å². The Morgan fingerprint density at radius 3 is 0.882 bits per heavy atom. The number of aromatic nitrogens is 3. The van der Waals surface area contributed by atoms with Crippen LogP contribution < -0.4 is 0 Å². The summed E-state index contributed by atoms with van der Waals surface area (Å²) >= 11 is 0. The predicted molar refractivity (Wildman–Crippen MR) is 138 cm³/mol. The molecule has 0 spiro atoms. The zero-order valence-electron chi connectivity index (χ0n) is 18.4. The molecule has 0 unspecified atom stereocenters. The predicted octanol–water partition coefficient (Wildman–Crippen LogP) is 4.65. The van der Waals surface area contributed by atoms with Gasteiger partial charge in [-0.2, -0.15) is 0 Å². The highest BCUT2D eigenvalue weighted by molar-refractivity contribution is 6.30. The normalized spacial score (nSPS) is 9.62. The molecule has 0 bridgehead atoms. The Bertz CT molecular complexity index is 1060. The molecule has 0 fully saturated rings. The average Bonchev–Trinajstić information content (AvgIpc) is 2.89. The smallest absolute Gasteiger partial charge is 0.402 e. The largest absolute Gasteiger partial charge is 0.631 e. The van der Waals surface area contributed by atoms with E-state index in [-0.39, 0.29) is 0 Å². The van der Waals surface area contributed by atoms with Gasteiger partial charge in [0.05, 0.1) is 16.6 Å². The SMILES string of the molecule is OB(O)O.c1ccc2ncccc2c1.c1ccc2ncccc2c1.c1ccc2ncccc2c1. The number of nitrogens with zero attached hydrogens (tertiary/aromatic N) is 3. The van der Waals surface area contributed by atoms with Crippen LogP contribution >= 0.6 is 0 Å². The van der Waals surface area contributed by atoms with Crippen molar-refractivity contribution in [2.24, 2.45) is 0 Å². The average molecular weight is 449 g/mol. The summed E-state index contributed by atoms with van der Waals surface area (Å²) in [5, 5.41) is 25.1. The molecule has 0 atom stereocenters. The molecule has 168 valence electrons. The van der Waals surface area contributed by atoms with Crippen LogP contribution in [-0.4, -0.2) is 37.3 Å². The summed E-state index contributed by atoms with van der Waals surface area (Å²) in [5.74, 6) is 0. The fraction of sp³-hybridized carbons (Fsp3) is 0. The van der Waals surface area contributed by atoms with Crippen LogP contribution in [0.1, 0.15) is 0 Å². The molecule has 3 aromatic carbocycles. The van der Waals surface area contributed by atoms with Gasteiger partial charge in [-0.05, 0) is 36.4 Å². The second-order valence-electron chi connectivity index (χ2n) is 6.93. The van der Waals surface area contributed by atoms with Crippen molar-refractivity contribution in [1.29, 1.82) is 0 Å². The topological polar surface area (TPSA) is 99.4 Å². The standard InChI is InChI=1S/3C9H7N.BH3O3/c3*1-2-6-9-8(4-1)5-3-7-10-9;2-1(3)4/h3*1-7H;2-4H. The van der Waals surface area contributed by atoms with E-state index in [0.29, 0.717) is 0 Å². The van der Waals surface area contributed by atoms with Crippen LogP contribution in [0.2, 0.25) is 0 Å². The Hall–Kier alpha value is -4.17. The Kier molecular flexibility index (Phi) is 9.65. The van der Waals surface area contributed by atoms with Crippen molar-refractivity contribution in [3.8, 4) is 0 Å². The molecule has 3 aromatic heterocycles. The molecule has 0 aliphatic carbocycles. The van der Waals surface area contributed by atoms with Gasteiger partial charge in [-0.25, -0.2) is 0 Å². The summed E-state index contributed by atoms with van der Waals surface area (Å²) in [5.41, 5.74) is 3.18. The molecule has 0 amide bonds. The third-order valence-electron chi connectivity index (χ3n) is 4.54. The lowest BCUT2D eigenvalue weighted by Gasteiger charge is -1.91. The van der Waals surface area contributed by atoms with Crippen molar-refractivity contribution in [3.05, 3.63) is 128 Å². The van der Waals surface area contributed by atoms with Crippen LogP contribution in [0.3, 0.4) is 0 Å². The lowest BCUT2D eigenvalue weighted by atomic mass is 10.2. The van der Waals surface area contributed by atoms with Gasteiger partial charge < -0.3 is 15.1 Å². The first-order valence-electron chi connectivity index (χ1n) is 10.6. The minimum atomic E-state index is -2.17. The van der Waals surface area contributed by atoms with Crippen molar-refractivity contribution < 1.29 is 15.1 Å². The van der Waals surface area contributed by atoms with Crippen molar-refractivity contribution in [3.63, 3.8) is 0 Å². The van der Waals surface area contributed by atoms with Gasteiger partial charge in [0.15, 0.2) is 0 Å². The quantitative estimate of drug-likeness (QED) is 0.292. The zero-order chi connectivity index (χ0) is 24.0. The molecule has 34 heavy (non-hydrogen) atoms. The Labute approximate surface area is 198 Å². The summed E-state index contributed by atoms with van der Waals surface area (Å²) in [7, 11) is -2.17. The molecule has 6 rings (SSSR count). The number of fused-ring (bicyclic) bond motifs is 3. The number of benzene rings is 3. The Balaban J connectivity index is 0.000000133. The molecular weight excluding hydrogens is 425 g/mol. The summed E-state index contributed by atoms with van der Waals surface area (Å²) in [6.07, 6.45) is 5.42. The molecule has 6 nitrogen and oxygen atoms in total. The van der Waals surface area contributed by atoms with Crippen LogP contribution in [0.4, 0.5) is 0 Å². The molecule has 0 aliphatic heterocycles. The first kappa shape index (κ1) is 24.5. The lowest BCUT2D eigenvalue weighted by molar-refractivity contribution is 0.278. The van der Waals surface area contributed by atoms with Crippen molar-refractivity contribution in [2.75, 3.05) is 0 Å². The highest BCUT2D eigenvalue weighted by Gasteiger charge is 1.92. The van der Waals surface area contributed by atoms with Gasteiger partial charge in [0, 0.05) is 34.7 Å². The van der Waals surface area contributed by atoms with Crippen molar-refractivity contribution in [2.45, 2.75) is 0 Å². The van der Waals surface area contributed by atoms with Crippen molar-refractivity contribution >= 4 is 40.0 Å². The van der Waals surface area contributed by atoms with E-state index in [2.05, 4.69) is 51.4 Å². The van der Waals surface area contributed by atoms with E-state index in [0.717, 1.165) is 16.6 Å². The fourth-order valence-electron chi connectivity index (χ4n) is 3.05. The minimum absolute atomic E-state index is 1.06. The monoisotopic (exact) mass is 449 g/mol. The lowest BCUT2D eigenvalue weighted by Crippen LogP contribution is -2.07. The van der Waals surface area contributed by atoms with Gasteiger partial charge in [0.25, 0.3) is 0 Å². The number of pyridine rings is 3. The molecule has 0 saturated carbocycles. The third kappa shape index (κ3) is 8.07. The second kappa shape index (κ2) is 13.4. The molecule has 0 radical (unpaired) electrons. The molecule has 7 heteroatoms. The van der Waals surface area contributed by atoms with Crippen LogP contribution in [0.25, 0.3) is 32.7 Å². The minimum Gasteiger partial charge on any atom is -0.402 e. The number of hydrogen-bond acceptors (Lipinski definition) is 6. The van der Waals surface area contributed by atoms with Gasteiger partial charge in [-0.1, -0.05) is 72.8 Å². The summed E-state index contributed by atoms with van der Waals surface area (Å²) in [6.45, 7) is 0.